The van der Waals surface area contributed by atoms with E-state index >= 15 is 0 Å². The molecule has 1 saturated heterocycles. The van der Waals surface area contributed by atoms with Crippen molar-refractivity contribution in [2.45, 2.75) is 6.54 Å². The predicted octanol–water partition coefficient (Wildman–Crippen LogP) is 1.70. The van der Waals surface area contributed by atoms with Crippen LogP contribution in [0.4, 0.5) is 5.95 Å². The highest BCUT2D eigenvalue weighted by Crippen LogP contribution is 2.12. The number of rotatable bonds is 5. The largest absolute Gasteiger partial charge is 0.351 e. The molecule has 0 unspecified atom stereocenters. The van der Waals surface area contributed by atoms with Crippen molar-refractivity contribution in [2.24, 2.45) is 7.05 Å². The minimum absolute atomic E-state index is 0. The van der Waals surface area contributed by atoms with Gasteiger partial charge >= 0.3 is 0 Å². The van der Waals surface area contributed by atoms with E-state index in [1.54, 1.807) is 0 Å². The zero-order valence-corrected chi connectivity index (χ0v) is 15.9. The second-order valence-corrected chi connectivity index (χ2v) is 5.86. The van der Waals surface area contributed by atoms with Gasteiger partial charge in [-0.3, -0.25) is 9.69 Å². The molecular formula is C17H25Cl2N5O. The number of nitrogens with zero attached hydrogens (tertiary/aromatic N) is 4. The molecule has 2 heterocycles. The molecule has 1 amide bonds. The summed E-state index contributed by atoms with van der Waals surface area (Å²) in [5, 5.41) is 2.98. The number of nitrogens with one attached hydrogen (secondary N) is 1. The minimum Gasteiger partial charge on any atom is -0.351 e. The van der Waals surface area contributed by atoms with Crippen molar-refractivity contribution in [3.05, 3.63) is 48.3 Å². The van der Waals surface area contributed by atoms with Crippen LogP contribution in [0.1, 0.15) is 5.56 Å². The fourth-order valence-electron chi connectivity index (χ4n) is 2.82. The number of halogens is 2. The lowest BCUT2D eigenvalue weighted by Crippen LogP contribution is -2.50. The molecule has 0 atom stereocenters. The van der Waals surface area contributed by atoms with Crippen molar-refractivity contribution >= 4 is 36.7 Å². The first-order valence-electron chi connectivity index (χ1n) is 7.97. The first-order valence-corrected chi connectivity index (χ1v) is 7.97. The van der Waals surface area contributed by atoms with E-state index < -0.39 is 0 Å². The second-order valence-electron chi connectivity index (χ2n) is 5.86. The van der Waals surface area contributed by atoms with Crippen LogP contribution in [0.3, 0.4) is 0 Å². The Labute approximate surface area is 161 Å². The summed E-state index contributed by atoms with van der Waals surface area (Å²) in [5.41, 5.74) is 1.13. The molecule has 1 aliphatic heterocycles. The summed E-state index contributed by atoms with van der Waals surface area (Å²) in [6.45, 7) is 4.61. The number of imidazole rings is 1. The Kier molecular flexibility index (Phi) is 8.75. The van der Waals surface area contributed by atoms with Crippen LogP contribution < -0.4 is 10.2 Å². The summed E-state index contributed by atoms with van der Waals surface area (Å²) in [4.78, 5) is 20.9. The summed E-state index contributed by atoms with van der Waals surface area (Å²) >= 11 is 0. The normalized spacial score (nSPS) is 14.4. The Morgan fingerprint density at radius 3 is 2.40 bits per heavy atom. The van der Waals surface area contributed by atoms with Gasteiger partial charge in [0.15, 0.2) is 0 Å². The zero-order chi connectivity index (χ0) is 16.1. The Hall–Kier alpha value is -1.76. The molecule has 1 aromatic heterocycles. The highest BCUT2D eigenvalue weighted by atomic mass is 35.5. The van der Waals surface area contributed by atoms with Gasteiger partial charge in [0.25, 0.3) is 0 Å². The smallest absolute Gasteiger partial charge is 0.234 e. The molecule has 3 rings (SSSR count). The maximum absolute atomic E-state index is 12.1. The molecule has 1 aliphatic rings. The average Bonchev–Trinajstić information content (AvgIpc) is 3.01. The summed E-state index contributed by atoms with van der Waals surface area (Å²) in [6, 6.07) is 9.99. The lowest BCUT2D eigenvalue weighted by Gasteiger charge is -2.34. The van der Waals surface area contributed by atoms with E-state index in [0.717, 1.165) is 37.7 Å². The number of aromatic nitrogens is 2. The SMILES string of the molecule is Cl.Cl.Cn1ccnc1N1CCN(CC(=O)NCc2ccccc2)CC1. The van der Waals surface area contributed by atoms with Gasteiger partial charge in [-0.05, 0) is 5.56 Å². The number of carbonyl (C=O) groups is 1. The average molecular weight is 386 g/mol. The van der Waals surface area contributed by atoms with Gasteiger partial charge in [-0.2, -0.15) is 0 Å². The number of hydrogen-bond donors (Lipinski definition) is 1. The third-order valence-corrected chi connectivity index (χ3v) is 4.15. The number of anilines is 1. The standard InChI is InChI=1S/C17H23N5O.2ClH/c1-20-8-7-18-17(20)22-11-9-21(10-12-22)14-16(23)19-13-15-5-3-2-4-6-15;;/h2-8H,9-14H2,1H3,(H,19,23);2*1H. The quantitative estimate of drug-likeness (QED) is 0.850. The highest BCUT2D eigenvalue weighted by Gasteiger charge is 2.20. The van der Waals surface area contributed by atoms with Crippen molar-refractivity contribution in [3.8, 4) is 0 Å². The van der Waals surface area contributed by atoms with Crippen LogP contribution >= 0.6 is 24.8 Å². The van der Waals surface area contributed by atoms with Crippen LogP contribution in [-0.4, -0.2) is 53.1 Å². The van der Waals surface area contributed by atoms with Crippen LogP contribution in [0.15, 0.2) is 42.7 Å². The maximum atomic E-state index is 12.1. The number of amides is 1. The molecule has 1 aromatic carbocycles. The van der Waals surface area contributed by atoms with Crippen molar-refractivity contribution in [1.82, 2.24) is 19.8 Å². The third-order valence-electron chi connectivity index (χ3n) is 4.15. The number of piperazine rings is 1. The first-order chi connectivity index (χ1) is 11.2. The zero-order valence-electron chi connectivity index (χ0n) is 14.3. The van der Waals surface area contributed by atoms with E-state index in [1.807, 2.05) is 54.3 Å². The Morgan fingerprint density at radius 1 is 1.12 bits per heavy atom. The molecule has 0 saturated carbocycles. The topological polar surface area (TPSA) is 53.4 Å². The summed E-state index contributed by atoms with van der Waals surface area (Å²) < 4.78 is 2.03. The molecule has 0 aliphatic carbocycles. The van der Waals surface area contributed by atoms with Gasteiger partial charge in [-0.25, -0.2) is 4.98 Å². The summed E-state index contributed by atoms with van der Waals surface area (Å²) in [5.74, 6) is 1.08. The molecule has 8 heteroatoms. The molecule has 25 heavy (non-hydrogen) atoms. The van der Waals surface area contributed by atoms with E-state index in [4.69, 9.17) is 0 Å². The molecule has 1 N–H and O–H groups in total. The van der Waals surface area contributed by atoms with Crippen LogP contribution in [0.2, 0.25) is 0 Å². The Morgan fingerprint density at radius 2 is 1.80 bits per heavy atom. The molecular weight excluding hydrogens is 361 g/mol. The van der Waals surface area contributed by atoms with E-state index in [-0.39, 0.29) is 30.7 Å². The van der Waals surface area contributed by atoms with Gasteiger partial charge in [0.2, 0.25) is 11.9 Å². The molecule has 0 spiro atoms. The number of hydrogen-bond acceptors (Lipinski definition) is 4. The van der Waals surface area contributed by atoms with E-state index in [0.29, 0.717) is 13.1 Å². The molecule has 0 radical (unpaired) electrons. The number of benzene rings is 1. The summed E-state index contributed by atoms with van der Waals surface area (Å²) in [6.07, 6.45) is 3.78. The van der Waals surface area contributed by atoms with E-state index in [9.17, 15) is 4.79 Å². The lowest BCUT2D eigenvalue weighted by atomic mass is 10.2. The van der Waals surface area contributed by atoms with Crippen LogP contribution in [-0.2, 0) is 18.4 Å². The van der Waals surface area contributed by atoms with Crippen LogP contribution in [0, 0.1) is 0 Å². The van der Waals surface area contributed by atoms with Crippen LogP contribution in [0.25, 0.3) is 0 Å². The summed E-state index contributed by atoms with van der Waals surface area (Å²) in [7, 11) is 2.01. The van der Waals surface area contributed by atoms with Crippen LogP contribution in [0.5, 0.6) is 0 Å². The Balaban J connectivity index is 0.00000156. The van der Waals surface area contributed by atoms with E-state index in [2.05, 4.69) is 20.1 Å². The first kappa shape index (κ1) is 21.3. The van der Waals surface area contributed by atoms with Crippen molar-refractivity contribution < 1.29 is 4.79 Å². The van der Waals surface area contributed by atoms with Gasteiger partial charge in [0.05, 0.1) is 6.54 Å². The minimum atomic E-state index is 0. The number of aryl methyl sites for hydroxylation is 1. The van der Waals surface area contributed by atoms with E-state index in [1.165, 1.54) is 0 Å². The fourth-order valence-corrected chi connectivity index (χ4v) is 2.82. The van der Waals surface area contributed by atoms with Gasteiger partial charge < -0.3 is 14.8 Å². The maximum Gasteiger partial charge on any atom is 0.234 e. The van der Waals surface area contributed by atoms with Crippen molar-refractivity contribution in [1.29, 1.82) is 0 Å². The Bertz CT molecular complexity index is 641. The molecule has 1 fully saturated rings. The lowest BCUT2D eigenvalue weighted by molar-refractivity contribution is -0.122. The van der Waals surface area contributed by atoms with Gasteiger partial charge in [0.1, 0.15) is 0 Å². The predicted molar refractivity (Wildman–Crippen MR) is 105 cm³/mol. The van der Waals surface area contributed by atoms with Crippen molar-refractivity contribution in [3.63, 3.8) is 0 Å². The highest BCUT2D eigenvalue weighted by molar-refractivity contribution is 5.85. The monoisotopic (exact) mass is 385 g/mol. The number of carbonyl (C=O) groups excluding carboxylic acids is 1. The molecule has 2 aromatic rings. The molecule has 138 valence electrons. The van der Waals surface area contributed by atoms with Gasteiger partial charge in [0, 0.05) is 52.2 Å². The van der Waals surface area contributed by atoms with Gasteiger partial charge in [-0.1, -0.05) is 30.3 Å². The second kappa shape index (κ2) is 10.3. The molecule has 0 bridgehead atoms. The van der Waals surface area contributed by atoms with Gasteiger partial charge in [-0.15, -0.1) is 24.8 Å². The fraction of sp³-hybridized carbons (Fsp3) is 0.412. The third kappa shape index (κ3) is 5.92. The van der Waals surface area contributed by atoms with Crippen molar-refractivity contribution in [2.75, 3.05) is 37.6 Å². The molecule has 6 nitrogen and oxygen atoms in total.